The second-order valence-electron chi connectivity index (χ2n) is 2.44. The normalized spacial score (nSPS) is 13.1. The Kier molecular flexibility index (Phi) is 5.22. The lowest BCUT2D eigenvalue weighted by molar-refractivity contribution is 0.173. The third kappa shape index (κ3) is 2.97. The Morgan fingerprint density at radius 2 is 2.10 bits per heavy atom. The number of ether oxygens (including phenoxy) is 1. The molecule has 0 aliphatic carbocycles. The van der Waals surface area contributed by atoms with Crippen LogP contribution in [0.3, 0.4) is 0 Å². The number of nitrogens with one attached hydrogen (secondary N) is 1. The molecule has 0 saturated carbocycles. The van der Waals surface area contributed by atoms with Crippen LogP contribution in [0.2, 0.25) is 0 Å². The van der Waals surface area contributed by atoms with Crippen LogP contribution in [-0.4, -0.2) is 19.4 Å². The molecule has 0 aliphatic rings. The molecule has 0 saturated heterocycles. The molecule has 0 amide bonds. The number of rotatable bonds is 5. The highest BCUT2D eigenvalue weighted by Crippen LogP contribution is 2.06. The highest BCUT2D eigenvalue weighted by atomic mass is 16.5. The first-order valence-electron chi connectivity index (χ1n) is 3.82. The van der Waals surface area contributed by atoms with E-state index in [9.17, 15) is 0 Å². The molecule has 0 rings (SSSR count). The quantitative estimate of drug-likeness (QED) is 0.587. The Hall–Kier alpha value is -0.370. The first-order chi connectivity index (χ1) is 4.76. The van der Waals surface area contributed by atoms with E-state index in [0.29, 0.717) is 12.5 Å². The van der Waals surface area contributed by atoms with Crippen molar-refractivity contribution in [2.45, 2.75) is 26.7 Å². The van der Waals surface area contributed by atoms with E-state index < -0.39 is 0 Å². The second kappa shape index (κ2) is 5.42. The summed E-state index contributed by atoms with van der Waals surface area (Å²) in [6, 6.07) is 0. The van der Waals surface area contributed by atoms with Crippen LogP contribution in [0.5, 0.6) is 0 Å². The second-order valence-corrected chi connectivity index (χ2v) is 2.44. The van der Waals surface area contributed by atoms with Crippen LogP contribution < -0.4 is 0 Å². The summed E-state index contributed by atoms with van der Waals surface area (Å²) < 4.78 is 4.98. The van der Waals surface area contributed by atoms with Crippen LogP contribution in [0, 0.1) is 11.3 Å². The van der Waals surface area contributed by atoms with E-state index >= 15 is 0 Å². The van der Waals surface area contributed by atoms with Gasteiger partial charge >= 0.3 is 0 Å². The van der Waals surface area contributed by atoms with Crippen LogP contribution in [0.25, 0.3) is 0 Å². The third-order valence-corrected chi connectivity index (χ3v) is 1.73. The van der Waals surface area contributed by atoms with Crippen molar-refractivity contribution in [3.63, 3.8) is 0 Å². The van der Waals surface area contributed by atoms with Crippen molar-refractivity contribution >= 4 is 5.71 Å². The Labute approximate surface area is 63.1 Å². The summed E-state index contributed by atoms with van der Waals surface area (Å²) in [6.07, 6.45) is 1.86. The van der Waals surface area contributed by atoms with Gasteiger partial charge in [-0.05, 0) is 12.8 Å². The summed E-state index contributed by atoms with van der Waals surface area (Å²) in [4.78, 5) is 0. The molecule has 0 aromatic rings. The average molecular weight is 143 g/mol. The maximum Gasteiger partial charge on any atom is 0.0542 e. The summed E-state index contributed by atoms with van der Waals surface area (Å²) in [5, 5.41) is 7.52. The lowest BCUT2D eigenvalue weighted by Crippen LogP contribution is -2.16. The van der Waals surface area contributed by atoms with Gasteiger partial charge in [-0.25, -0.2) is 0 Å². The summed E-state index contributed by atoms with van der Waals surface area (Å²) in [6.45, 7) is 4.80. The van der Waals surface area contributed by atoms with Crippen molar-refractivity contribution in [1.29, 1.82) is 5.41 Å². The summed E-state index contributed by atoms with van der Waals surface area (Å²) in [7, 11) is 1.69. The van der Waals surface area contributed by atoms with Gasteiger partial charge in [-0.3, -0.25) is 0 Å². The fraction of sp³-hybridized carbons (Fsp3) is 0.875. The molecule has 2 nitrogen and oxygen atoms in total. The van der Waals surface area contributed by atoms with E-state index in [-0.39, 0.29) is 0 Å². The molecule has 0 aliphatic heterocycles. The van der Waals surface area contributed by atoms with Crippen LogP contribution in [0.15, 0.2) is 0 Å². The molecule has 0 spiro atoms. The van der Waals surface area contributed by atoms with Crippen molar-refractivity contribution in [2.75, 3.05) is 13.7 Å². The van der Waals surface area contributed by atoms with Gasteiger partial charge in [0, 0.05) is 18.7 Å². The predicted octanol–water partition coefficient (Wildman–Crippen LogP) is 2.09. The van der Waals surface area contributed by atoms with Gasteiger partial charge in [0.05, 0.1) is 6.61 Å². The van der Waals surface area contributed by atoms with E-state index in [1.165, 1.54) is 0 Å². The smallest absolute Gasteiger partial charge is 0.0542 e. The molecule has 1 atom stereocenters. The van der Waals surface area contributed by atoms with Crippen molar-refractivity contribution in [3.05, 3.63) is 0 Å². The highest BCUT2D eigenvalue weighted by Gasteiger charge is 2.09. The fourth-order valence-corrected chi connectivity index (χ4v) is 0.955. The number of methoxy groups -OCH3 is 1. The van der Waals surface area contributed by atoms with E-state index in [1.54, 1.807) is 7.11 Å². The van der Waals surface area contributed by atoms with Crippen molar-refractivity contribution < 1.29 is 4.74 Å². The SMILES string of the molecule is CCC(=N)C(CC)COC. The Balaban J connectivity index is 3.68. The molecule has 10 heavy (non-hydrogen) atoms. The van der Waals surface area contributed by atoms with E-state index in [2.05, 4.69) is 6.92 Å². The standard InChI is InChI=1S/C8H17NO/c1-4-7(6-10-3)8(9)5-2/h7,9H,4-6H2,1-3H3. The van der Waals surface area contributed by atoms with Gasteiger partial charge in [-0.2, -0.15) is 0 Å². The van der Waals surface area contributed by atoms with Crippen LogP contribution in [0.1, 0.15) is 26.7 Å². The van der Waals surface area contributed by atoms with Crippen molar-refractivity contribution in [3.8, 4) is 0 Å². The van der Waals surface area contributed by atoms with Crippen LogP contribution >= 0.6 is 0 Å². The molecule has 60 valence electrons. The van der Waals surface area contributed by atoms with E-state index in [0.717, 1.165) is 18.6 Å². The molecule has 1 N–H and O–H groups in total. The molecule has 0 heterocycles. The predicted molar refractivity (Wildman–Crippen MR) is 43.7 cm³/mol. The third-order valence-electron chi connectivity index (χ3n) is 1.73. The van der Waals surface area contributed by atoms with Gasteiger partial charge in [0.2, 0.25) is 0 Å². The molecule has 0 aromatic heterocycles. The molecule has 1 unspecified atom stereocenters. The Morgan fingerprint density at radius 3 is 2.40 bits per heavy atom. The number of hydrogen-bond donors (Lipinski definition) is 1. The summed E-state index contributed by atoms with van der Waals surface area (Å²) in [5.41, 5.74) is 0.810. The Bertz CT molecular complexity index is 101. The molecule has 0 fully saturated rings. The summed E-state index contributed by atoms with van der Waals surface area (Å²) >= 11 is 0. The zero-order valence-electron chi connectivity index (χ0n) is 7.11. The minimum absolute atomic E-state index is 0.343. The van der Waals surface area contributed by atoms with Gasteiger partial charge in [0.25, 0.3) is 0 Å². The largest absolute Gasteiger partial charge is 0.384 e. The fourth-order valence-electron chi connectivity index (χ4n) is 0.955. The minimum atomic E-state index is 0.343. The molecular formula is C8H17NO. The van der Waals surface area contributed by atoms with E-state index in [4.69, 9.17) is 10.1 Å². The molecule has 0 bridgehead atoms. The summed E-state index contributed by atoms with van der Waals surface area (Å²) in [5.74, 6) is 0.343. The van der Waals surface area contributed by atoms with Crippen LogP contribution in [0.4, 0.5) is 0 Å². The minimum Gasteiger partial charge on any atom is -0.384 e. The molecule has 0 radical (unpaired) electrons. The van der Waals surface area contributed by atoms with E-state index in [1.807, 2.05) is 6.92 Å². The molecule has 0 aromatic carbocycles. The van der Waals surface area contributed by atoms with Crippen molar-refractivity contribution in [1.82, 2.24) is 0 Å². The van der Waals surface area contributed by atoms with Gasteiger partial charge in [-0.15, -0.1) is 0 Å². The zero-order chi connectivity index (χ0) is 7.98. The zero-order valence-corrected chi connectivity index (χ0v) is 7.11. The first kappa shape index (κ1) is 9.63. The highest BCUT2D eigenvalue weighted by molar-refractivity contribution is 5.83. The van der Waals surface area contributed by atoms with Gasteiger partial charge < -0.3 is 10.1 Å². The monoisotopic (exact) mass is 143 g/mol. The first-order valence-corrected chi connectivity index (χ1v) is 3.82. The molecular weight excluding hydrogens is 126 g/mol. The van der Waals surface area contributed by atoms with Crippen molar-refractivity contribution in [2.24, 2.45) is 5.92 Å². The lowest BCUT2D eigenvalue weighted by Gasteiger charge is -2.12. The van der Waals surface area contributed by atoms with Gasteiger partial charge in [-0.1, -0.05) is 13.8 Å². The molecule has 2 heteroatoms. The van der Waals surface area contributed by atoms with Crippen LogP contribution in [-0.2, 0) is 4.74 Å². The topological polar surface area (TPSA) is 33.1 Å². The van der Waals surface area contributed by atoms with Gasteiger partial charge in [0.1, 0.15) is 0 Å². The Morgan fingerprint density at radius 1 is 1.50 bits per heavy atom. The lowest BCUT2D eigenvalue weighted by atomic mass is 10.00. The maximum absolute atomic E-state index is 7.52. The maximum atomic E-state index is 7.52. The van der Waals surface area contributed by atoms with Gasteiger partial charge in [0.15, 0.2) is 0 Å². The average Bonchev–Trinajstić information content (AvgIpc) is 1.99. The number of hydrogen-bond acceptors (Lipinski definition) is 2.